The number of nitro benzene ring substituents is 1. The Morgan fingerprint density at radius 3 is 2.52 bits per heavy atom. The molecule has 0 saturated heterocycles. The van der Waals surface area contributed by atoms with Gasteiger partial charge in [0.15, 0.2) is 0 Å². The second kappa shape index (κ2) is 5.55. The molecule has 0 spiro atoms. The Morgan fingerprint density at radius 1 is 1.43 bits per heavy atom. The molecule has 0 radical (unpaired) electrons. The average Bonchev–Trinajstić information content (AvgIpc) is 2.33. The van der Waals surface area contributed by atoms with Crippen molar-refractivity contribution in [2.24, 2.45) is 5.41 Å². The summed E-state index contributed by atoms with van der Waals surface area (Å²) in [6.45, 7) is 3.93. The van der Waals surface area contributed by atoms with Gasteiger partial charge in [0.25, 0.3) is 5.69 Å². The largest absolute Gasteiger partial charge is 0.289 e. The van der Waals surface area contributed by atoms with Crippen molar-refractivity contribution >= 4 is 27.3 Å². The van der Waals surface area contributed by atoms with Gasteiger partial charge in [0.05, 0.1) is 9.82 Å². The topological polar surface area (TPSA) is 89.3 Å². The van der Waals surface area contributed by atoms with E-state index in [4.69, 9.17) is 11.6 Å². The fraction of sp³-hybridized carbons (Fsp3) is 0.538. The van der Waals surface area contributed by atoms with Gasteiger partial charge in [-0.05, 0) is 36.8 Å². The zero-order chi connectivity index (χ0) is 15.8. The minimum Gasteiger partial charge on any atom is -0.258 e. The fourth-order valence-electron chi connectivity index (χ4n) is 2.38. The summed E-state index contributed by atoms with van der Waals surface area (Å²) in [5, 5.41) is 10.8. The molecule has 1 fully saturated rings. The van der Waals surface area contributed by atoms with E-state index in [0.717, 1.165) is 25.3 Å². The van der Waals surface area contributed by atoms with E-state index in [0.29, 0.717) is 12.1 Å². The summed E-state index contributed by atoms with van der Waals surface area (Å²) in [6.07, 6.45) is 3.06. The highest BCUT2D eigenvalue weighted by molar-refractivity contribution is 7.89. The van der Waals surface area contributed by atoms with Crippen LogP contribution < -0.4 is 4.72 Å². The van der Waals surface area contributed by atoms with E-state index in [1.165, 1.54) is 6.07 Å². The van der Waals surface area contributed by atoms with Gasteiger partial charge < -0.3 is 0 Å². The maximum absolute atomic E-state index is 12.3. The van der Waals surface area contributed by atoms with Crippen LogP contribution in [-0.4, -0.2) is 19.9 Å². The maximum atomic E-state index is 12.3. The van der Waals surface area contributed by atoms with Crippen LogP contribution in [0.25, 0.3) is 0 Å². The van der Waals surface area contributed by atoms with Crippen molar-refractivity contribution < 1.29 is 13.3 Å². The Hall–Kier alpha value is -1.18. The van der Waals surface area contributed by atoms with Crippen molar-refractivity contribution in [3.8, 4) is 0 Å². The predicted octanol–water partition coefficient (Wildman–Crippen LogP) is 3.03. The number of hydrogen-bond acceptors (Lipinski definition) is 4. The molecule has 21 heavy (non-hydrogen) atoms. The van der Waals surface area contributed by atoms with E-state index < -0.39 is 20.6 Å². The van der Waals surface area contributed by atoms with Crippen molar-refractivity contribution in [2.75, 3.05) is 6.54 Å². The number of rotatable bonds is 5. The van der Waals surface area contributed by atoms with Crippen molar-refractivity contribution in [1.82, 2.24) is 4.72 Å². The zero-order valence-electron chi connectivity index (χ0n) is 11.8. The van der Waals surface area contributed by atoms with Gasteiger partial charge in [-0.3, -0.25) is 10.1 Å². The molecule has 0 unspecified atom stereocenters. The molecule has 1 aromatic rings. The molecule has 0 aromatic heterocycles. The monoisotopic (exact) mass is 332 g/mol. The van der Waals surface area contributed by atoms with Crippen molar-refractivity contribution in [1.29, 1.82) is 0 Å². The molecule has 1 aromatic carbocycles. The number of hydrogen-bond donors (Lipinski definition) is 1. The van der Waals surface area contributed by atoms with Gasteiger partial charge in [0, 0.05) is 12.6 Å². The zero-order valence-corrected chi connectivity index (χ0v) is 13.4. The molecule has 1 aliphatic carbocycles. The van der Waals surface area contributed by atoms with Gasteiger partial charge in [-0.1, -0.05) is 24.9 Å². The van der Waals surface area contributed by atoms with Crippen LogP contribution in [0.5, 0.6) is 0 Å². The van der Waals surface area contributed by atoms with Crippen LogP contribution in [0, 0.1) is 22.5 Å². The van der Waals surface area contributed by atoms with E-state index in [2.05, 4.69) is 4.72 Å². The summed E-state index contributed by atoms with van der Waals surface area (Å²) < 4.78 is 27.2. The van der Waals surface area contributed by atoms with Crippen LogP contribution in [0.15, 0.2) is 17.0 Å². The van der Waals surface area contributed by atoms with Crippen LogP contribution in [0.2, 0.25) is 5.02 Å². The number of aryl methyl sites for hydroxylation is 1. The Labute approximate surface area is 128 Å². The Kier molecular flexibility index (Phi) is 4.28. The molecule has 1 saturated carbocycles. The minimum absolute atomic E-state index is 0.0145. The van der Waals surface area contributed by atoms with Crippen molar-refractivity contribution in [3.63, 3.8) is 0 Å². The molecule has 1 aliphatic rings. The Bertz CT molecular complexity index is 684. The number of halogens is 1. The summed E-state index contributed by atoms with van der Waals surface area (Å²) in [6, 6.07) is 2.32. The van der Waals surface area contributed by atoms with E-state index in [9.17, 15) is 18.5 Å². The minimum atomic E-state index is -3.79. The van der Waals surface area contributed by atoms with Crippen LogP contribution in [-0.2, 0) is 10.0 Å². The molecular formula is C13H17ClN2O4S. The van der Waals surface area contributed by atoms with Gasteiger partial charge in [-0.25, -0.2) is 13.1 Å². The molecular weight excluding hydrogens is 316 g/mol. The third-order valence-electron chi connectivity index (χ3n) is 3.98. The van der Waals surface area contributed by atoms with Crippen LogP contribution in [0.3, 0.4) is 0 Å². The smallest absolute Gasteiger partial charge is 0.258 e. The quantitative estimate of drug-likeness (QED) is 0.663. The average molecular weight is 333 g/mol. The number of nitrogens with zero attached hydrogens (tertiary/aromatic N) is 1. The number of nitro groups is 1. The first kappa shape index (κ1) is 16.2. The maximum Gasteiger partial charge on any atom is 0.289 e. The standard InChI is InChI=1S/C13H17ClN2O4S/c1-9-6-10(14)11(16(17)18)7-12(9)21(19,20)15-8-13(2)4-3-5-13/h6-7,15H,3-5,8H2,1-2H3. The highest BCUT2D eigenvalue weighted by atomic mass is 35.5. The lowest BCUT2D eigenvalue weighted by molar-refractivity contribution is -0.384. The van der Waals surface area contributed by atoms with E-state index in [-0.39, 0.29) is 15.3 Å². The van der Waals surface area contributed by atoms with Crippen LogP contribution >= 0.6 is 11.6 Å². The van der Waals surface area contributed by atoms with Crippen LogP contribution in [0.1, 0.15) is 31.7 Å². The Balaban J connectivity index is 2.30. The van der Waals surface area contributed by atoms with E-state index in [1.807, 2.05) is 6.92 Å². The molecule has 0 atom stereocenters. The summed E-state index contributed by atoms with van der Waals surface area (Å²) in [5.41, 5.74) is -0.0337. The lowest BCUT2D eigenvalue weighted by Gasteiger charge is -2.38. The van der Waals surface area contributed by atoms with Crippen LogP contribution in [0.4, 0.5) is 5.69 Å². The summed E-state index contributed by atoms with van der Waals surface area (Å²) in [5.74, 6) is 0. The van der Waals surface area contributed by atoms with Crippen molar-refractivity contribution in [2.45, 2.75) is 38.0 Å². The second-order valence-electron chi connectivity index (χ2n) is 5.81. The third kappa shape index (κ3) is 3.36. The second-order valence-corrected chi connectivity index (χ2v) is 7.96. The molecule has 116 valence electrons. The molecule has 0 amide bonds. The van der Waals surface area contributed by atoms with Gasteiger partial charge in [0.1, 0.15) is 5.02 Å². The van der Waals surface area contributed by atoms with Gasteiger partial charge >= 0.3 is 0 Å². The summed E-state index contributed by atoms with van der Waals surface area (Å²) in [7, 11) is -3.79. The van der Waals surface area contributed by atoms with E-state index >= 15 is 0 Å². The van der Waals surface area contributed by atoms with E-state index in [1.54, 1.807) is 6.92 Å². The molecule has 0 aliphatic heterocycles. The molecule has 1 N–H and O–H groups in total. The highest BCUT2D eigenvalue weighted by Crippen LogP contribution is 2.40. The first-order chi connectivity index (χ1) is 9.65. The normalized spacial score (nSPS) is 17.3. The first-order valence-corrected chi connectivity index (χ1v) is 8.45. The number of sulfonamides is 1. The van der Waals surface area contributed by atoms with Gasteiger partial charge in [-0.2, -0.15) is 0 Å². The molecule has 2 rings (SSSR count). The summed E-state index contributed by atoms with van der Waals surface area (Å²) >= 11 is 5.77. The Morgan fingerprint density at radius 2 is 2.05 bits per heavy atom. The highest BCUT2D eigenvalue weighted by Gasteiger charge is 2.33. The summed E-state index contributed by atoms with van der Waals surface area (Å²) in [4.78, 5) is 10.1. The third-order valence-corrected chi connectivity index (χ3v) is 5.83. The molecule has 0 bridgehead atoms. The van der Waals surface area contributed by atoms with Crippen molar-refractivity contribution in [3.05, 3.63) is 32.8 Å². The number of nitrogens with one attached hydrogen (secondary N) is 1. The predicted molar refractivity (Wildman–Crippen MR) is 80.0 cm³/mol. The lowest BCUT2D eigenvalue weighted by atomic mass is 9.71. The molecule has 0 heterocycles. The molecule has 8 heteroatoms. The SMILES string of the molecule is Cc1cc(Cl)c([N+](=O)[O-])cc1S(=O)(=O)NCC1(C)CCC1. The molecule has 6 nitrogen and oxygen atoms in total. The lowest BCUT2D eigenvalue weighted by Crippen LogP contribution is -2.40. The van der Waals surface area contributed by atoms with Gasteiger partial charge in [0.2, 0.25) is 10.0 Å². The number of benzene rings is 1. The van der Waals surface area contributed by atoms with Gasteiger partial charge in [-0.15, -0.1) is 0 Å². The first-order valence-electron chi connectivity index (χ1n) is 6.59. The fourth-order valence-corrected chi connectivity index (χ4v) is 4.11.